The molecule has 2 aromatic heterocycles. The molecule has 1 aliphatic rings. The minimum atomic E-state index is -0.179. The number of hydrogen-bond acceptors (Lipinski definition) is 5. The number of amides is 1. The van der Waals surface area contributed by atoms with Crippen molar-refractivity contribution in [3.63, 3.8) is 0 Å². The molecule has 2 aromatic rings. The lowest BCUT2D eigenvalue weighted by atomic mass is 9.96. The van der Waals surface area contributed by atoms with E-state index < -0.39 is 0 Å². The lowest BCUT2D eigenvalue weighted by molar-refractivity contribution is 0.0776. The van der Waals surface area contributed by atoms with Gasteiger partial charge in [-0.25, -0.2) is 0 Å². The van der Waals surface area contributed by atoms with Crippen LogP contribution in [0.2, 0.25) is 0 Å². The fraction of sp³-hybridized carbons (Fsp3) is 0.500. The second-order valence-corrected chi connectivity index (χ2v) is 4.75. The number of aromatic nitrogens is 4. The van der Waals surface area contributed by atoms with Crippen molar-refractivity contribution in [1.82, 2.24) is 25.5 Å². The molecule has 1 N–H and O–H groups in total. The number of fused-ring (bicyclic) bond motifs is 1. The van der Waals surface area contributed by atoms with Gasteiger partial charge in [0.2, 0.25) is 0 Å². The van der Waals surface area contributed by atoms with Gasteiger partial charge in [0.1, 0.15) is 11.5 Å². The Morgan fingerprint density at radius 2 is 2.32 bits per heavy atom. The average Bonchev–Trinajstić information content (AvgIpc) is 3.08. The van der Waals surface area contributed by atoms with E-state index in [1.807, 2.05) is 0 Å². The SMILES string of the molecule is CN(Cc1noc2c1CCCC2)C(=O)c1cn[nH]n1. The number of carbonyl (C=O) groups is 1. The van der Waals surface area contributed by atoms with Gasteiger partial charge in [0, 0.05) is 19.0 Å². The van der Waals surface area contributed by atoms with Crippen molar-refractivity contribution in [2.45, 2.75) is 32.2 Å². The van der Waals surface area contributed by atoms with Crippen molar-refractivity contribution in [1.29, 1.82) is 0 Å². The van der Waals surface area contributed by atoms with Crippen molar-refractivity contribution in [3.8, 4) is 0 Å². The minimum absolute atomic E-state index is 0.179. The normalized spacial score (nSPS) is 14.2. The zero-order chi connectivity index (χ0) is 13.2. The summed E-state index contributed by atoms with van der Waals surface area (Å²) < 4.78 is 5.34. The Balaban J connectivity index is 1.74. The fourth-order valence-electron chi connectivity index (χ4n) is 2.37. The molecule has 0 unspecified atom stereocenters. The number of H-pyrrole nitrogens is 1. The van der Waals surface area contributed by atoms with Crippen LogP contribution in [-0.2, 0) is 19.4 Å². The van der Waals surface area contributed by atoms with Crippen molar-refractivity contribution < 1.29 is 9.32 Å². The van der Waals surface area contributed by atoms with Gasteiger partial charge < -0.3 is 9.42 Å². The number of aryl methyl sites for hydroxylation is 1. The van der Waals surface area contributed by atoms with Crippen LogP contribution in [0.25, 0.3) is 0 Å². The quantitative estimate of drug-likeness (QED) is 0.888. The summed E-state index contributed by atoms with van der Waals surface area (Å²) in [6.07, 6.45) is 5.65. The van der Waals surface area contributed by atoms with E-state index in [9.17, 15) is 4.79 Å². The molecule has 0 spiro atoms. The average molecular weight is 261 g/mol. The summed E-state index contributed by atoms with van der Waals surface area (Å²) in [7, 11) is 1.72. The first-order valence-electron chi connectivity index (χ1n) is 6.33. The Hall–Kier alpha value is -2.18. The van der Waals surface area contributed by atoms with Crippen LogP contribution in [0.15, 0.2) is 10.7 Å². The van der Waals surface area contributed by atoms with Gasteiger partial charge in [-0.3, -0.25) is 4.79 Å². The van der Waals surface area contributed by atoms with Crippen LogP contribution in [0.5, 0.6) is 0 Å². The number of aromatic amines is 1. The van der Waals surface area contributed by atoms with E-state index in [-0.39, 0.29) is 5.91 Å². The number of hydrogen-bond donors (Lipinski definition) is 1. The van der Waals surface area contributed by atoms with E-state index in [4.69, 9.17) is 4.52 Å². The van der Waals surface area contributed by atoms with Crippen molar-refractivity contribution in [2.24, 2.45) is 0 Å². The maximum Gasteiger partial charge on any atom is 0.276 e. The molecule has 0 saturated carbocycles. The number of nitrogens with one attached hydrogen (secondary N) is 1. The first-order chi connectivity index (χ1) is 9.25. The zero-order valence-corrected chi connectivity index (χ0v) is 10.7. The molecule has 19 heavy (non-hydrogen) atoms. The summed E-state index contributed by atoms with van der Waals surface area (Å²) in [5.41, 5.74) is 2.33. The van der Waals surface area contributed by atoms with Crippen LogP contribution in [0.4, 0.5) is 0 Å². The van der Waals surface area contributed by atoms with Gasteiger partial charge in [0.05, 0.1) is 12.7 Å². The van der Waals surface area contributed by atoms with Gasteiger partial charge >= 0.3 is 0 Å². The highest BCUT2D eigenvalue weighted by Gasteiger charge is 2.22. The summed E-state index contributed by atoms with van der Waals surface area (Å²) in [4.78, 5) is 13.6. The molecule has 7 nitrogen and oxygen atoms in total. The van der Waals surface area contributed by atoms with E-state index in [2.05, 4.69) is 20.6 Å². The highest BCUT2D eigenvalue weighted by molar-refractivity contribution is 5.91. The summed E-state index contributed by atoms with van der Waals surface area (Å²) in [5, 5.41) is 13.9. The predicted octanol–water partition coefficient (Wildman–Crippen LogP) is 0.944. The number of nitrogens with zero attached hydrogens (tertiary/aromatic N) is 4. The third kappa shape index (κ3) is 2.23. The molecule has 100 valence electrons. The van der Waals surface area contributed by atoms with E-state index in [0.717, 1.165) is 37.1 Å². The van der Waals surface area contributed by atoms with Crippen LogP contribution in [-0.4, -0.2) is 38.4 Å². The Bertz CT molecular complexity index is 575. The molecule has 0 bridgehead atoms. The topological polar surface area (TPSA) is 87.9 Å². The van der Waals surface area contributed by atoms with Gasteiger partial charge in [-0.2, -0.15) is 15.4 Å². The minimum Gasteiger partial charge on any atom is -0.361 e. The molecule has 0 radical (unpaired) electrons. The van der Waals surface area contributed by atoms with Gasteiger partial charge in [0.15, 0.2) is 5.69 Å². The smallest absolute Gasteiger partial charge is 0.276 e. The first-order valence-corrected chi connectivity index (χ1v) is 6.33. The molecule has 0 aliphatic heterocycles. The Kier molecular flexibility index (Phi) is 3.02. The number of rotatable bonds is 3. The molecule has 0 saturated heterocycles. The lowest BCUT2D eigenvalue weighted by Crippen LogP contribution is -2.27. The van der Waals surface area contributed by atoms with Crippen LogP contribution in [0.3, 0.4) is 0 Å². The monoisotopic (exact) mass is 261 g/mol. The molecular formula is C12H15N5O2. The second kappa shape index (κ2) is 4.83. The van der Waals surface area contributed by atoms with E-state index in [0.29, 0.717) is 12.2 Å². The molecule has 0 atom stereocenters. The van der Waals surface area contributed by atoms with Crippen molar-refractivity contribution in [2.75, 3.05) is 7.05 Å². The zero-order valence-electron chi connectivity index (χ0n) is 10.7. The maximum atomic E-state index is 12.0. The standard InChI is InChI=1S/C12H15N5O2/c1-17(12(18)9-6-13-16-14-9)7-10-8-4-2-3-5-11(8)19-15-10/h6H,2-5,7H2,1H3,(H,13,14,16). The highest BCUT2D eigenvalue weighted by Crippen LogP contribution is 2.24. The van der Waals surface area contributed by atoms with Crippen LogP contribution >= 0.6 is 0 Å². The molecule has 3 rings (SSSR count). The molecule has 7 heteroatoms. The van der Waals surface area contributed by atoms with Gasteiger partial charge in [0.25, 0.3) is 5.91 Å². The predicted molar refractivity (Wildman–Crippen MR) is 65.3 cm³/mol. The highest BCUT2D eigenvalue weighted by atomic mass is 16.5. The summed E-state index contributed by atoms with van der Waals surface area (Å²) in [5.74, 6) is 0.796. The Morgan fingerprint density at radius 3 is 3.11 bits per heavy atom. The van der Waals surface area contributed by atoms with Gasteiger partial charge in [-0.15, -0.1) is 0 Å². The lowest BCUT2D eigenvalue weighted by Gasteiger charge is -2.15. The molecule has 0 aromatic carbocycles. The van der Waals surface area contributed by atoms with Crippen molar-refractivity contribution >= 4 is 5.91 Å². The largest absolute Gasteiger partial charge is 0.361 e. The van der Waals surface area contributed by atoms with E-state index in [1.165, 1.54) is 11.8 Å². The van der Waals surface area contributed by atoms with E-state index >= 15 is 0 Å². The summed E-state index contributed by atoms with van der Waals surface area (Å²) in [6, 6.07) is 0. The van der Waals surface area contributed by atoms with Gasteiger partial charge in [-0.05, 0) is 19.3 Å². The number of carbonyl (C=O) groups excluding carboxylic acids is 1. The second-order valence-electron chi connectivity index (χ2n) is 4.75. The third-order valence-corrected chi connectivity index (χ3v) is 3.40. The Morgan fingerprint density at radius 1 is 1.47 bits per heavy atom. The molecule has 0 fully saturated rings. The van der Waals surface area contributed by atoms with Gasteiger partial charge in [-0.1, -0.05) is 5.16 Å². The molecule has 1 aliphatic carbocycles. The van der Waals surface area contributed by atoms with Crippen LogP contribution < -0.4 is 0 Å². The Labute approximate surface area is 110 Å². The fourth-order valence-corrected chi connectivity index (χ4v) is 2.37. The van der Waals surface area contributed by atoms with Crippen LogP contribution in [0.1, 0.15) is 40.3 Å². The maximum absolute atomic E-state index is 12.0. The first kappa shape index (κ1) is 11.9. The third-order valence-electron chi connectivity index (χ3n) is 3.40. The van der Waals surface area contributed by atoms with E-state index in [1.54, 1.807) is 11.9 Å². The molecule has 2 heterocycles. The summed E-state index contributed by atoms with van der Waals surface area (Å²) in [6.45, 7) is 0.435. The summed E-state index contributed by atoms with van der Waals surface area (Å²) >= 11 is 0. The van der Waals surface area contributed by atoms with Crippen molar-refractivity contribution in [3.05, 3.63) is 28.9 Å². The molecular weight excluding hydrogens is 246 g/mol. The molecule has 1 amide bonds. The van der Waals surface area contributed by atoms with Crippen LogP contribution in [0, 0.1) is 0 Å².